The minimum atomic E-state index is -0.407. The topological polar surface area (TPSA) is 58.6 Å². The summed E-state index contributed by atoms with van der Waals surface area (Å²) in [5.74, 6) is 1.28. The number of methoxy groups -OCH3 is 1. The van der Waals surface area contributed by atoms with Crippen LogP contribution < -0.4 is 5.32 Å². The van der Waals surface area contributed by atoms with Crippen molar-refractivity contribution < 1.29 is 14.3 Å². The molecular formula is C18H28N2O3. The van der Waals surface area contributed by atoms with Gasteiger partial charge in [0.15, 0.2) is 0 Å². The van der Waals surface area contributed by atoms with Gasteiger partial charge in [-0.25, -0.2) is 4.79 Å². The Morgan fingerprint density at radius 3 is 2.22 bits per heavy atom. The molecule has 4 fully saturated rings. The van der Waals surface area contributed by atoms with Gasteiger partial charge < -0.3 is 15.0 Å². The molecule has 0 aromatic carbocycles. The number of nitrogens with one attached hydrogen (secondary N) is 1. The lowest BCUT2D eigenvalue weighted by molar-refractivity contribution is -0.167. The number of likely N-dealkylation sites (tertiary alicyclic amines) is 1. The molecule has 4 aliphatic rings. The van der Waals surface area contributed by atoms with Crippen molar-refractivity contribution in [1.82, 2.24) is 10.2 Å². The van der Waals surface area contributed by atoms with Gasteiger partial charge in [-0.3, -0.25) is 4.79 Å². The molecule has 1 N–H and O–H groups in total. The molecule has 1 spiro atoms. The van der Waals surface area contributed by atoms with E-state index < -0.39 is 6.09 Å². The van der Waals surface area contributed by atoms with Crippen LogP contribution in [0.15, 0.2) is 0 Å². The van der Waals surface area contributed by atoms with Gasteiger partial charge in [0.05, 0.1) is 7.11 Å². The molecule has 0 aromatic heterocycles. The molecule has 1 heterocycles. The maximum atomic E-state index is 12.6. The number of alkyl carbamates (subject to hydrolysis) is 1. The number of ether oxygens (including phenoxy) is 1. The summed E-state index contributed by atoms with van der Waals surface area (Å²) in [5.41, 5.74) is 0.826. The smallest absolute Gasteiger partial charge is 0.407 e. The zero-order chi connectivity index (χ0) is 16.5. The Labute approximate surface area is 138 Å². The number of carbonyl (C=O) groups is 2. The van der Waals surface area contributed by atoms with Gasteiger partial charge in [0.25, 0.3) is 0 Å². The molecule has 1 saturated heterocycles. The summed E-state index contributed by atoms with van der Waals surface area (Å²) in [7, 11) is 1.37. The fraction of sp³-hybridized carbons (Fsp3) is 0.889. The van der Waals surface area contributed by atoms with E-state index in [9.17, 15) is 9.59 Å². The van der Waals surface area contributed by atoms with Crippen LogP contribution >= 0.6 is 0 Å². The zero-order valence-corrected chi connectivity index (χ0v) is 14.5. The second kappa shape index (κ2) is 4.64. The number of hydrogen-bond acceptors (Lipinski definition) is 3. The third kappa shape index (κ3) is 2.43. The van der Waals surface area contributed by atoms with E-state index in [0.29, 0.717) is 16.7 Å². The monoisotopic (exact) mass is 320 g/mol. The highest BCUT2D eigenvalue weighted by molar-refractivity contribution is 5.82. The average molecular weight is 320 g/mol. The van der Waals surface area contributed by atoms with Crippen LogP contribution in [0.4, 0.5) is 4.79 Å². The number of carbonyl (C=O) groups excluding carboxylic acids is 2. The van der Waals surface area contributed by atoms with Crippen molar-refractivity contribution in [3.05, 3.63) is 0 Å². The van der Waals surface area contributed by atoms with E-state index in [0.717, 1.165) is 31.8 Å². The average Bonchev–Trinajstić information content (AvgIpc) is 3.10. The molecule has 3 aliphatic carbocycles. The molecule has 0 bridgehead atoms. The molecule has 3 saturated carbocycles. The number of rotatable bonds is 3. The van der Waals surface area contributed by atoms with Gasteiger partial charge in [-0.05, 0) is 56.8 Å². The first kappa shape index (κ1) is 15.3. The van der Waals surface area contributed by atoms with Crippen molar-refractivity contribution in [2.75, 3.05) is 20.2 Å². The van der Waals surface area contributed by atoms with Crippen LogP contribution in [-0.2, 0) is 9.53 Å². The van der Waals surface area contributed by atoms with Gasteiger partial charge in [0.1, 0.15) is 0 Å². The summed E-state index contributed by atoms with van der Waals surface area (Å²) in [5, 5.41) is 2.84. The summed E-state index contributed by atoms with van der Waals surface area (Å²) in [4.78, 5) is 25.9. The molecule has 23 heavy (non-hydrogen) atoms. The minimum Gasteiger partial charge on any atom is -0.453 e. The van der Waals surface area contributed by atoms with E-state index in [-0.39, 0.29) is 11.5 Å². The lowest BCUT2D eigenvalue weighted by atomic mass is 9.53. The Morgan fingerprint density at radius 1 is 1.09 bits per heavy atom. The van der Waals surface area contributed by atoms with Crippen LogP contribution in [-0.4, -0.2) is 42.6 Å². The molecule has 5 heteroatoms. The summed E-state index contributed by atoms with van der Waals surface area (Å²) in [6.45, 7) is 6.35. The van der Waals surface area contributed by atoms with Gasteiger partial charge in [-0.2, -0.15) is 0 Å². The number of hydrogen-bond donors (Lipinski definition) is 1. The molecule has 0 unspecified atom stereocenters. The van der Waals surface area contributed by atoms with Crippen LogP contribution in [0.5, 0.6) is 0 Å². The number of amides is 2. The molecule has 4 rings (SSSR count). The predicted octanol–water partition coefficient (Wildman–Crippen LogP) is 2.55. The fourth-order valence-corrected chi connectivity index (χ4v) is 5.12. The molecule has 2 amide bonds. The Morgan fingerprint density at radius 2 is 1.70 bits per heavy atom. The second-order valence-electron chi connectivity index (χ2n) is 9.24. The maximum absolute atomic E-state index is 12.6. The van der Waals surface area contributed by atoms with E-state index in [2.05, 4.69) is 17.0 Å². The van der Waals surface area contributed by atoms with Crippen molar-refractivity contribution in [1.29, 1.82) is 0 Å². The van der Waals surface area contributed by atoms with Crippen molar-refractivity contribution >= 4 is 12.0 Å². The van der Waals surface area contributed by atoms with Gasteiger partial charge in [-0.15, -0.1) is 0 Å². The zero-order valence-electron chi connectivity index (χ0n) is 14.5. The van der Waals surface area contributed by atoms with Crippen LogP contribution in [0.2, 0.25) is 0 Å². The Balaban J connectivity index is 1.22. The van der Waals surface area contributed by atoms with Crippen LogP contribution in [0.1, 0.15) is 52.4 Å². The fourth-order valence-electron chi connectivity index (χ4n) is 5.12. The molecule has 0 atom stereocenters. The quantitative estimate of drug-likeness (QED) is 0.869. The molecule has 128 valence electrons. The Bertz CT molecular complexity index is 534. The molecule has 0 aromatic rings. The highest BCUT2D eigenvalue weighted by Gasteiger charge is 2.61. The molecule has 1 aliphatic heterocycles. The van der Waals surface area contributed by atoms with Crippen LogP contribution in [0.25, 0.3) is 0 Å². The summed E-state index contributed by atoms with van der Waals surface area (Å²) >= 11 is 0. The first-order valence-electron chi connectivity index (χ1n) is 8.92. The van der Waals surface area contributed by atoms with Crippen molar-refractivity contribution in [3.8, 4) is 0 Å². The standard InChI is InChI=1S/C18H28N2O3/c1-16(4-5-16)13-8-18(9-13)10-20(11-18)14(21)12-6-17(2,7-12)19-15(22)23-3/h12-13H,4-11H2,1-3H3,(H,19,22)/t12-,17+. The lowest BCUT2D eigenvalue weighted by Gasteiger charge is -2.62. The summed E-state index contributed by atoms with van der Waals surface area (Å²) in [6.07, 6.45) is 6.53. The predicted molar refractivity (Wildman–Crippen MR) is 85.7 cm³/mol. The second-order valence-corrected chi connectivity index (χ2v) is 9.24. The third-order valence-electron chi connectivity index (χ3n) is 7.08. The SMILES string of the molecule is COC(=O)N[C@]1(C)C[C@H](C(=O)N2CC3(CC(C4(C)CC4)C3)C2)C1. The minimum absolute atomic E-state index is 0.0753. The van der Waals surface area contributed by atoms with E-state index in [4.69, 9.17) is 0 Å². The maximum Gasteiger partial charge on any atom is 0.407 e. The summed E-state index contributed by atoms with van der Waals surface area (Å²) in [6, 6.07) is 0. The van der Waals surface area contributed by atoms with Crippen molar-refractivity contribution in [3.63, 3.8) is 0 Å². The van der Waals surface area contributed by atoms with E-state index in [1.165, 1.54) is 32.8 Å². The van der Waals surface area contributed by atoms with Gasteiger partial charge in [0, 0.05) is 30.0 Å². The Hall–Kier alpha value is -1.26. The Kier molecular flexibility index (Phi) is 3.08. The van der Waals surface area contributed by atoms with Crippen molar-refractivity contribution in [2.45, 2.75) is 57.9 Å². The first-order chi connectivity index (χ1) is 10.8. The highest BCUT2D eigenvalue weighted by Crippen LogP contribution is 2.65. The molecule has 5 nitrogen and oxygen atoms in total. The molecular weight excluding hydrogens is 292 g/mol. The first-order valence-corrected chi connectivity index (χ1v) is 8.92. The largest absolute Gasteiger partial charge is 0.453 e. The van der Waals surface area contributed by atoms with E-state index >= 15 is 0 Å². The van der Waals surface area contributed by atoms with Gasteiger partial charge in [0.2, 0.25) is 5.91 Å². The van der Waals surface area contributed by atoms with E-state index in [1.54, 1.807) is 0 Å². The highest BCUT2D eigenvalue weighted by atomic mass is 16.5. The van der Waals surface area contributed by atoms with Crippen LogP contribution in [0.3, 0.4) is 0 Å². The lowest BCUT2D eigenvalue weighted by Crippen LogP contribution is -2.67. The third-order valence-corrected chi connectivity index (χ3v) is 7.08. The van der Waals surface area contributed by atoms with Crippen LogP contribution in [0, 0.1) is 22.7 Å². The molecule has 0 radical (unpaired) electrons. The van der Waals surface area contributed by atoms with E-state index in [1.807, 2.05) is 11.8 Å². The van der Waals surface area contributed by atoms with Crippen molar-refractivity contribution in [2.24, 2.45) is 22.7 Å². The van der Waals surface area contributed by atoms with Gasteiger partial charge in [-0.1, -0.05) is 6.92 Å². The number of nitrogens with zero attached hydrogens (tertiary/aromatic N) is 1. The summed E-state index contributed by atoms with van der Waals surface area (Å²) < 4.78 is 4.64. The normalized spacial score (nSPS) is 36.5. The van der Waals surface area contributed by atoms with Gasteiger partial charge >= 0.3 is 6.09 Å².